The molecule has 0 amide bonds. The topological polar surface area (TPSA) is 49.8 Å². The molecule has 4 rings (SSSR count). The highest BCUT2D eigenvalue weighted by molar-refractivity contribution is 5.98. The molecule has 140 valence electrons. The van der Waals surface area contributed by atoms with Crippen LogP contribution in [0.2, 0.25) is 0 Å². The normalized spacial score (nSPS) is 10.9. The van der Waals surface area contributed by atoms with Crippen LogP contribution in [0.15, 0.2) is 60.7 Å². The molecule has 0 atom stereocenters. The summed E-state index contributed by atoms with van der Waals surface area (Å²) in [6.07, 6.45) is 0. The molecule has 0 fully saturated rings. The van der Waals surface area contributed by atoms with Gasteiger partial charge in [0, 0.05) is 36.3 Å². The van der Waals surface area contributed by atoms with Crippen LogP contribution in [0.5, 0.6) is 0 Å². The first-order valence-electron chi connectivity index (χ1n) is 9.47. The molecule has 0 aliphatic carbocycles. The first-order chi connectivity index (χ1) is 13.7. The Kier molecular flexibility index (Phi) is 4.70. The Morgan fingerprint density at radius 3 is 1.25 bits per heavy atom. The molecule has 0 saturated carbocycles. The number of rotatable bonds is 4. The van der Waals surface area contributed by atoms with Gasteiger partial charge in [-0.2, -0.15) is 0 Å². The Balaban J connectivity index is 2.13. The molecule has 4 heteroatoms. The van der Waals surface area contributed by atoms with Crippen LogP contribution in [0.1, 0.15) is 11.1 Å². The number of hydrogen-bond acceptors (Lipinski definition) is 4. The van der Waals surface area contributed by atoms with Crippen molar-refractivity contribution in [1.82, 2.24) is 9.97 Å². The molecule has 28 heavy (non-hydrogen) atoms. The van der Waals surface area contributed by atoms with Crippen molar-refractivity contribution < 1.29 is 0 Å². The summed E-state index contributed by atoms with van der Waals surface area (Å²) in [5.41, 5.74) is 10.1. The van der Waals surface area contributed by atoms with Crippen LogP contribution in [0.4, 0.5) is 11.4 Å². The minimum atomic E-state index is 0.904. The second-order valence-corrected chi connectivity index (χ2v) is 6.85. The number of aromatic nitrogens is 2. The van der Waals surface area contributed by atoms with E-state index in [0.29, 0.717) is 0 Å². The Bertz CT molecular complexity index is 1040. The van der Waals surface area contributed by atoms with Gasteiger partial charge in [0.15, 0.2) is 0 Å². The number of benzene rings is 3. The Morgan fingerprint density at radius 1 is 0.571 bits per heavy atom. The largest absolute Gasteiger partial charge is 0.386 e. The fraction of sp³-hybridized carbons (Fsp3) is 0.167. The second kappa shape index (κ2) is 7.31. The summed E-state index contributed by atoms with van der Waals surface area (Å²) in [4.78, 5) is 10.3. The molecule has 1 heterocycles. The quantitative estimate of drug-likeness (QED) is 0.488. The SMILES string of the molecule is CNc1c(NC)c(C)c2nc(-c3ccccc3)c(-c3ccccc3)nc2c1C. The van der Waals surface area contributed by atoms with Crippen molar-refractivity contribution in [3.05, 3.63) is 71.8 Å². The first kappa shape index (κ1) is 18.0. The van der Waals surface area contributed by atoms with Crippen LogP contribution in [-0.4, -0.2) is 24.1 Å². The zero-order valence-electron chi connectivity index (χ0n) is 16.7. The highest BCUT2D eigenvalue weighted by atomic mass is 14.9. The van der Waals surface area contributed by atoms with Crippen molar-refractivity contribution >= 4 is 22.4 Å². The van der Waals surface area contributed by atoms with Crippen molar-refractivity contribution in [2.24, 2.45) is 0 Å². The zero-order valence-corrected chi connectivity index (χ0v) is 16.7. The summed E-state index contributed by atoms with van der Waals surface area (Å²) in [5.74, 6) is 0. The highest BCUT2D eigenvalue weighted by Crippen LogP contribution is 2.39. The maximum absolute atomic E-state index is 5.14. The van der Waals surface area contributed by atoms with E-state index in [4.69, 9.17) is 9.97 Å². The molecule has 1 aromatic heterocycles. The van der Waals surface area contributed by atoms with Crippen LogP contribution >= 0.6 is 0 Å². The molecular weight excluding hydrogens is 344 g/mol. The molecule has 3 aromatic carbocycles. The fourth-order valence-corrected chi connectivity index (χ4v) is 3.79. The third-order valence-electron chi connectivity index (χ3n) is 5.20. The Labute approximate surface area is 165 Å². The van der Waals surface area contributed by atoms with E-state index < -0.39 is 0 Å². The first-order valence-corrected chi connectivity index (χ1v) is 9.47. The minimum absolute atomic E-state index is 0.904. The van der Waals surface area contributed by atoms with Crippen molar-refractivity contribution in [3.8, 4) is 22.5 Å². The second-order valence-electron chi connectivity index (χ2n) is 6.85. The van der Waals surface area contributed by atoms with E-state index in [1.165, 1.54) is 0 Å². The average molecular weight is 368 g/mol. The molecule has 4 aromatic rings. The monoisotopic (exact) mass is 368 g/mol. The molecule has 0 unspecified atom stereocenters. The van der Waals surface area contributed by atoms with Gasteiger partial charge in [0.1, 0.15) is 0 Å². The number of anilines is 2. The number of nitrogens with zero attached hydrogens (tertiary/aromatic N) is 2. The lowest BCUT2D eigenvalue weighted by Crippen LogP contribution is -2.06. The van der Waals surface area contributed by atoms with Crippen molar-refractivity contribution in [2.75, 3.05) is 24.7 Å². The van der Waals surface area contributed by atoms with Gasteiger partial charge in [-0.1, -0.05) is 60.7 Å². The molecule has 0 aliphatic heterocycles. The van der Waals surface area contributed by atoms with Crippen LogP contribution in [0.3, 0.4) is 0 Å². The number of hydrogen-bond donors (Lipinski definition) is 2. The summed E-state index contributed by atoms with van der Waals surface area (Å²) < 4.78 is 0. The molecule has 4 nitrogen and oxygen atoms in total. The third kappa shape index (κ3) is 2.87. The average Bonchev–Trinajstić information content (AvgIpc) is 2.76. The lowest BCUT2D eigenvalue weighted by molar-refractivity contribution is 1.24. The molecule has 0 saturated heterocycles. The molecule has 2 N–H and O–H groups in total. The van der Waals surface area contributed by atoms with Gasteiger partial charge in [0.05, 0.1) is 33.8 Å². The summed E-state index contributed by atoms with van der Waals surface area (Å²) in [5, 5.41) is 6.65. The van der Waals surface area contributed by atoms with Gasteiger partial charge in [-0.25, -0.2) is 9.97 Å². The molecule has 0 bridgehead atoms. The van der Waals surface area contributed by atoms with E-state index in [2.05, 4.69) is 48.7 Å². The molecule has 0 radical (unpaired) electrons. The van der Waals surface area contributed by atoms with Crippen molar-refractivity contribution in [3.63, 3.8) is 0 Å². The minimum Gasteiger partial charge on any atom is -0.386 e. The van der Waals surface area contributed by atoms with Gasteiger partial charge in [-0.15, -0.1) is 0 Å². The van der Waals surface area contributed by atoms with Crippen molar-refractivity contribution in [1.29, 1.82) is 0 Å². The number of aryl methyl sites for hydroxylation is 2. The van der Waals surface area contributed by atoms with E-state index in [1.807, 2.05) is 50.5 Å². The lowest BCUT2D eigenvalue weighted by Gasteiger charge is -2.19. The van der Waals surface area contributed by atoms with Crippen LogP contribution in [0, 0.1) is 13.8 Å². The van der Waals surface area contributed by atoms with Crippen LogP contribution in [0.25, 0.3) is 33.5 Å². The molecular formula is C24H24N4. The van der Waals surface area contributed by atoms with Gasteiger partial charge in [-0.05, 0) is 13.8 Å². The van der Waals surface area contributed by atoms with Crippen LogP contribution in [-0.2, 0) is 0 Å². The summed E-state index contributed by atoms with van der Waals surface area (Å²) in [6, 6.07) is 20.6. The van der Waals surface area contributed by atoms with E-state index in [-0.39, 0.29) is 0 Å². The van der Waals surface area contributed by atoms with Gasteiger partial charge < -0.3 is 10.6 Å². The van der Waals surface area contributed by atoms with E-state index >= 15 is 0 Å². The maximum atomic E-state index is 5.14. The predicted molar refractivity (Wildman–Crippen MR) is 119 cm³/mol. The number of nitrogens with one attached hydrogen (secondary N) is 2. The van der Waals surface area contributed by atoms with Gasteiger partial charge in [0.2, 0.25) is 0 Å². The standard InChI is InChI=1S/C24H24N4/c1-15-19(25-3)20(26-4)16(2)22-21(15)27-23(17-11-7-5-8-12-17)24(28-22)18-13-9-6-10-14-18/h5-14,25-26H,1-4H3. The molecule has 0 spiro atoms. The summed E-state index contributed by atoms with van der Waals surface area (Å²) in [6.45, 7) is 4.19. The van der Waals surface area contributed by atoms with Gasteiger partial charge in [-0.3, -0.25) is 0 Å². The molecule has 0 aliphatic rings. The van der Waals surface area contributed by atoms with E-state index in [1.54, 1.807) is 0 Å². The zero-order chi connectivity index (χ0) is 19.7. The third-order valence-corrected chi connectivity index (χ3v) is 5.20. The van der Waals surface area contributed by atoms with E-state index in [9.17, 15) is 0 Å². The fourth-order valence-electron chi connectivity index (χ4n) is 3.79. The van der Waals surface area contributed by atoms with Gasteiger partial charge >= 0.3 is 0 Å². The van der Waals surface area contributed by atoms with Crippen LogP contribution < -0.4 is 10.6 Å². The van der Waals surface area contributed by atoms with E-state index in [0.717, 1.165) is 56.0 Å². The van der Waals surface area contributed by atoms with Crippen molar-refractivity contribution in [2.45, 2.75) is 13.8 Å². The van der Waals surface area contributed by atoms with Gasteiger partial charge in [0.25, 0.3) is 0 Å². The lowest BCUT2D eigenvalue weighted by atomic mass is 10.00. The number of fused-ring (bicyclic) bond motifs is 1. The predicted octanol–water partition coefficient (Wildman–Crippen LogP) is 5.66. The Hall–Kier alpha value is -3.40. The Morgan fingerprint density at radius 2 is 0.929 bits per heavy atom. The smallest absolute Gasteiger partial charge is 0.0973 e. The highest BCUT2D eigenvalue weighted by Gasteiger charge is 2.19. The maximum Gasteiger partial charge on any atom is 0.0973 e. The summed E-state index contributed by atoms with van der Waals surface area (Å²) in [7, 11) is 3.89. The summed E-state index contributed by atoms with van der Waals surface area (Å²) >= 11 is 0.